The topological polar surface area (TPSA) is 21.4 Å². The first-order valence-electron chi connectivity index (χ1n) is 10.9. The molecule has 0 aliphatic carbocycles. The quantitative estimate of drug-likeness (QED) is 0.282. The molecule has 0 radical (unpaired) electrons. The Kier molecular flexibility index (Phi) is 4.08. The minimum absolute atomic E-state index is 0.148. The zero-order valence-corrected chi connectivity index (χ0v) is 17.8. The number of rotatable bonds is 3. The van der Waals surface area contributed by atoms with Crippen LogP contribution < -0.4 is 4.57 Å². The monoisotopic (exact) mass is 385 g/mol. The number of benzene rings is 2. The Balaban J connectivity index is 2.11. The molecule has 146 valence electrons. The van der Waals surface area contributed by atoms with E-state index >= 15 is 0 Å². The van der Waals surface area contributed by atoms with E-state index in [1.807, 2.05) is 52.9 Å². The highest BCUT2D eigenvalue weighted by molar-refractivity contribution is 6.11. The minimum Gasteiger partial charge on any atom is -0.456 e. The van der Waals surface area contributed by atoms with Gasteiger partial charge in [-0.25, -0.2) is 4.85 Å². The number of hydrogen-bond acceptors (Lipinski definition) is 1. The smallest absolute Gasteiger partial charge is 0.216 e. The van der Waals surface area contributed by atoms with E-state index in [0.717, 1.165) is 44.4 Å². The van der Waals surface area contributed by atoms with Gasteiger partial charge in [0.15, 0.2) is 11.4 Å². The molecule has 0 amide bonds. The van der Waals surface area contributed by atoms with E-state index in [0.29, 0.717) is 16.8 Å². The Bertz CT molecular complexity index is 1390. The maximum atomic E-state index is 8.63. The fourth-order valence-corrected chi connectivity index (χ4v) is 4.09. The van der Waals surface area contributed by atoms with Gasteiger partial charge in [-0.2, -0.15) is 4.57 Å². The maximum Gasteiger partial charge on any atom is 0.216 e. The highest BCUT2D eigenvalue weighted by Crippen LogP contribution is 2.40. The third-order valence-corrected chi connectivity index (χ3v) is 5.52. The van der Waals surface area contributed by atoms with Crippen molar-refractivity contribution in [2.45, 2.75) is 41.0 Å². The summed E-state index contributed by atoms with van der Waals surface area (Å²) in [5, 5.41) is 2.04. The summed E-state index contributed by atoms with van der Waals surface area (Å²) in [5.74, 6) is -0.148. The summed E-state index contributed by atoms with van der Waals surface area (Å²) in [7, 11) is 2.00. The summed E-state index contributed by atoms with van der Waals surface area (Å²) in [5.41, 5.74) is 7.67. The predicted octanol–water partition coefficient (Wildman–Crippen LogP) is 6.75. The molecule has 2 heterocycles. The van der Waals surface area contributed by atoms with Gasteiger partial charge in [0.05, 0.1) is 12.1 Å². The first-order chi connectivity index (χ1) is 14.6. The number of hydrogen-bond donors (Lipinski definition) is 0. The minimum atomic E-state index is -1.44. The van der Waals surface area contributed by atoms with Crippen molar-refractivity contribution >= 4 is 27.6 Å². The van der Waals surface area contributed by atoms with Crippen LogP contribution in [0.5, 0.6) is 0 Å². The molecule has 0 aliphatic heterocycles. The molecular weight excluding hydrogens is 356 g/mol. The molecule has 0 unspecified atom stereocenters. The van der Waals surface area contributed by atoms with E-state index in [2.05, 4.69) is 28.5 Å². The van der Waals surface area contributed by atoms with Crippen molar-refractivity contribution in [3.8, 4) is 11.3 Å². The van der Waals surface area contributed by atoms with Gasteiger partial charge in [-0.05, 0) is 48.9 Å². The molecule has 0 spiro atoms. The lowest BCUT2D eigenvalue weighted by molar-refractivity contribution is -0.666. The van der Waals surface area contributed by atoms with Crippen molar-refractivity contribution in [1.82, 2.24) is 0 Å². The van der Waals surface area contributed by atoms with Gasteiger partial charge in [0, 0.05) is 32.6 Å². The van der Waals surface area contributed by atoms with Crippen LogP contribution in [0, 0.1) is 33.3 Å². The first kappa shape index (κ1) is 16.8. The van der Waals surface area contributed by atoms with Gasteiger partial charge in [-0.15, -0.1) is 0 Å². The molecule has 2 aromatic carbocycles. The van der Waals surface area contributed by atoms with Gasteiger partial charge in [0.25, 0.3) is 0 Å². The summed E-state index contributed by atoms with van der Waals surface area (Å²) in [4.78, 5) is 3.57. The van der Waals surface area contributed by atoms with Crippen LogP contribution >= 0.6 is 0 Å². The molecule has 0 atom stereocenters. The van der Waals surface area contributed by atoms with Crippen molar-refractivity contribution < 1.29 is 11.7 Å². The van der Waals surface area contributed by atoms with Crippen LogP contribution in [-0.4, -0.2) is 0 Å². The number of nitrogens with zero attached hydrogens (tertiary/aromatic N) is 2. The van der Waals surface area contributed by atoms with E-state index in [-0.39, 0.29) is 5.92 Å². The van der Waals surface area contributed by atoms with Gasteiger partial charge in [-0.1, -0.05) is 32.0 Å². The van der Waals surface area contributed by atoms with Gasteiger partial charge < -0.3 is 4.42 Å². The van der Waals surface area contributed by atoms with E-state index in [1.165, 1.54) is 0 Å². The molecule has 0 saturated heterocycles. The summed E-state index contributed by atoms with van der Waals surface area (Å²) >= 11 is 0. The van der Waals surface area contributed by atoms with E-state index in [4.69, 9.17) is 13.7 Å². The number of pyridine rings is 1. The van der Waals surface area contributed by atoms with Crippen LogP contribution in [0.1, 0.15) is 39.0 Å². The molecule has 0 bridgehead atoms. The lowest BCUT2D eigenvalue weighted by atomic mass is 9.96. The SMILES string of the molecule is [2H]C([2H])(c1cc(C)[n+](C)c(-c2c(C)ccc3c2oc2cc([N+]#[C-])cc(C)c23)c1)C(C)C. The second-order valence-electron chi connectivity index (χ2n) is 8.11. The average molecular weight is 386 g/mol. The average Bonchev–Trinajstić information content (AvgIpc) is 3.08. The number of aromatic nitrogens is 1. The van der Waals surface area contributed by atoms with Crippen LogP contribution in [0.25, 0.3) is 38.0 Å². The van der Waals surface area contributed by atoms with Crippen LogP contribution in [0.4, 0.5) is 5.69 Å². The number of aryl methyl sites for hydroxylation is 3. The van der Waals surface area contributed by atoms with Crippen LogP contribution in [0.3, 0.4) is 0 Å². The highest BCUT2D eigenvalue weighted by atomic mass is 16.3. The van der Waals surface area contributed by atoms with Crippen molar-refractivity contribution in [3.63, 3.8) is 0 Å². The molecule has 0 saturated carbocycles. The Morgan fingerprint density at radius 3 is 2.55 bits per heavy atom. The zero-order valence-electron chi connectivity index (χ0n) is 19.8. The summed E-state index contributed by atoms with van der Waals surface area (Å²) in [6, 6.07) is 11.8. The van der Waals surface area contributed by atoms with E-state index < -0.39 is 6.37 Å². The Labute approximate surface area is 175 Å². The fourth-order valence-electron chi connectivity index (χ4n) is 4.09. The third-order valence-electron chi connectivity index (χ3n) is 5.52. The van der Waals surface area contributed by atoms with Gasteiger partial charge >= 0.3 is 0 Å². The van der Waals surface area contributed by atoms with Crippen LogP contribution in [-0.2, 0) is 13.4 Å². The van der Waals surface area contributed by atoms with Crippen LogP contribution in [0.2, 0.25) is 0 Å². The summed E-state index contributed by atoms with van der Waals surface area (Å²) in [6.45, 7) is 17.3. The molecule has 4 rings (SSSR count). The highest BCUT2D eigenvalue weighted by Gasteiger charge is 2.23. The molecule has 0 aliphatic rings. The van der Waals surface area contributed by atoms with Crippen molar-refractivity contribution in [2.75, 3.05) is 0 Å². The molecule has 3 nitrogen and oxygen atoms in total. The fraction of sp³-hybridized carbons (Fsp3) is 0.308. The molecule has 2 aromatic heterocycles. The zero-order chi connectivity index (χ0) is 22.7. The second-order valence-corrected chi connectivity index (χ2v) is 8.11. The second kappa shape index (κ2) is 7.04. The largest absolute Gasteiger partial charge is 0.456 e. The summed E-state index contributed by atoms with van der Waals surface area (Å²) < 4.78 is 25.7. The van der Waals surface area contributed by atoms with Crippen molar-refractivity contribution in [1.29, 1.82) is 0 Å². The standard InChI is InChI=1S/C26H27N2O/c1-15(2)10-19-12-18(5)28(7)22(13-19)25-16(3)8-9-21-24-17(4)11-20(27-6)14-23(24)29-26(21)25/h8-9,11-15H,10H2,1-5,7H3/q+1/i10D2. The normalized spacial score (nSPS) is 13.0. The molecule has 4 aromatic rings. The Hall–Kier alpha value is -3.12. The summed E-state index contributed by atoms with van der Waals surface area (Å²) in [6.07, 6.45) is -1.44. The number of furan rings is 1. The van der Waals surface area contributed by atoms with Gasteiger partial charge in [0.1, 0.15) is 18.2 Å². The molecule has 0 N–H and O–H groups in total. The molecule has 3 heteroatoms. The lowest BCUT2D eigenvalue weighted by Gasteiger charge is -2.11. The van der Waals surface area contributed by atoms with Crippen molar-refractivity contribution in [3.05, 3.63) is 70.2 Å². The molecule has 29 heavy (non-hydrogen) atoms. The predicted molar refractivity (Wildman–Crippen MR) is 119 cm³/mol. The molecule has 0 fully saturated rings. The number of fused-ring (bicyclic) bond motifs is 3. The maximum absolute atomic E-state index is 8.63. The van der Waals surface area contributed by atoms with E-state index in [1.54, 1.807) is 6.07 Å². The first-order valence-corrected chi connectivity index (χ1v) is 9.91. The van der Waals surface area contributed by atoms with Gasteiger partial charge in [0.2, 0.25) is 5.69 Å². The van der Waals surface area contributed by atoms with Crippen LogP contribution in [0.15, 0.2) is 40.8 Å². The Morgan fingerprint density at radius 1 is 1.10 bits per heavy atom. The van der Waals surface area contributed by atoms with Gasteiger partial charge in [-0.3, -0.25) is 0 Å². The third kappa shape index (κ3) is 3.19. The lowest BCUT2D eigenvalue weighted by Crippen LogP contribution is -2.35. The molecular formula is C26H27N2O+. The van der Waals surface area contributed by atoms with Crippen molar-refractivity contribution in [2.24, 2.45) is 13.0 Å². The Morgan fingerprint density at radius 2 is 1.86 bits per heavy atom. The van der Waals surface area contributed by atoms with E-state index in [9.17, 15) is 0 Å².